The normalized spacial score (nSPS) is 24.6. The van der Waals surface area contributed by atoms with E-state index < -0.39 is 16.2 Å². The van der Waals surface area contributed by atoms with Crippen LogP contribution in [0.5, 0.6) is 0 Å². The Kier molecular flexibility index (Phi) is 5.79. The summed E-state index contributed by atoms with van der Waals surface area (Å²) < 4.78 is 33.4. The molecule has 2 atom stereocenters. The smallest absolute Gasteiger partial charge is 0.321 e. The zero-order chi connectivity index (χ0) is 19.8. The van der Waals surface area contributed by atoms with Crippen molar-refractivity contribution in [2.75, 3.05) is 32.8 Å². The van der Waals surface area contributed by atoms with Crippen LogP contribution < -0.4 is 0 Å². The van der Waals surface area contributed by atoms with E-state index in [0.29, 0.717) is 32.8 Å². The Morgan fingerprint density at radius 3 is 2.30 bits per heavy atom. The molecule has 1 aromatic rings. The van der Waals surface area contributed by atoms with Crippen molar-refractivity contribution < 1.29 is 17.9 Å². The Morgan fingerprint density at radius 2 is 1.74 bits per heavy atom. The first-order valence-electron chi connectivity index (χ1n) is 9.47. The summed E-state index contributed by atoms with van der Waals surface area (Å²) >= 11 is 0. The molecule has 2 aliphatic heterocycles. The van der Waals surface area contributed by atoms with Crippen LogP contribution in [0.1, 0.15) is 26.3 Å². The van der Waals surface area contributed by atoms with Crippen molar-refractivity contribution in [2.24, 2.45) is 5.92 Å². The predicted molar refractivity (Wildman–Crippen MR) is 103 cm³/mol. The van der Waals surface area contributed by atoms with Crippen LogP contribution in [0, 0.1) is 12.8 Å². The summed E-state index contributed by atoms with van der Waals surface area (Å²) in [5.74, 6) is -0.0276. The SMILES string of the molecule is Cc1ccc(S(=O)(=O)N2C[C@H](C)N(C(=O)N3CCOCC3)[C@@H]2C(C)C)cc1. The van der Waals surface area contributed by atoms with Gasteiger partial charge in [-0.2, -0.15) is 4.31 Å². The summed E-state index contributed by atoms with van der Waals surface area (Å²) in [7, 11) is -3.68. The van der Waals surface area contributed by atoms with Gasteiger partial charge in [-0.25, -0.2) is 13.2 Å². The van der Waals surface area contributed by atoms with Crippen LogP contribution in [0.15, 0.2) is 29.2 Å². The molecule has 0 bridgehead atoms. The second kappa shape index (κ2) is 7.77. The summed E-state index contributed by atoms with van der Waals surface area (Å²) in [5.41, 5.74) is 1.01. The molecular weight excluding hydrogens is 366 g/mol. The molecule has 27 heavy (non-hydrogen) atoms. The Labute approximate surface area is 161 Å². The highest BCUT2D eigenvalue weighted by molar-refractivity contribution is 7.89. The third-order valence-corrected chi connectivity index (χ3v) is 7.08. The van der Waals surface area contributed by atoms with E-state index in [2.05, 4.69) is 0 Å². The monoisotopic (exact) mass is 395 g/mol. The molecule has 2 aliphatic rings. The topological polar surface area (TPSA) is 70.2 Å². The van der Waals surface area contributed by atoms with Crippen LogP contribution in [-0.2, 0) is 14.8 Å². The van der Waals surface area contributed by atoms with Crippen LogP contribution in [0.4, 0.5) is 4.79 Å². The summed E-state index contributed by atoms with van der Waals surface area (Å²) in [5, 5.41) is 0. The highest BCUT2D eigenvalue weighted by Gasteiger charge is 2.48. The Balaban J connectivity index is 1.92. The number of aryl methyl sites for hydroxylation is 1. The molecule has 8 heteroatoms. The maximum Gasteiger partial charge on any atom is 0.321 e. The maximum absolute atomic E-state index is 13.3. The second-order valence-corrected chi connectivity index (χ2v) is 9.57. The molecule has 150 valence electrons. The molecule has 2 saturated heterocycles. The number of rotatable bonds is 3. The van der Waals surface area contributed by atoms with Crippen molar-refractivity contribution in [3.8, 4) is 0 Å². The zero-order valence-corrected chi connectivity index (χ0v) is 17.3. The number of urea groups is 1. The molecule has 2 fully saturated rings. The molecule has 3 rings (SSSR count). The van der Waals surface area contributed by atoms with E-state index in [1.165, 1.54) is 4.31 Å². The van der Waals surface area contributed by atoms with Gasteiger partial charge in [0.25, 0.3) is 0 Å². The van der Waals surface area contributed by atoms with Crippen molar-refractivity contribution in [1.29, 1.82) is 0 Å². The fraction of sp³-hybridized carbons (Fsp3) is 0.632. The Bertz CT molecular complexity index is 773. The first-order valence-corrected chi connectivity index (χ1v) is 10.9. The lowest BCUT2D eigenvalue weighted by Crippen LogP contribution is -2.55. The average Bonchev–Trinajstić information content (AvgIpc) is 3.00. The first-order chi connectivity index (χ1) is 12.7. The van der Waals surface area contributed by atoms with E-state index >= 15 is 0 Å². The van der Waals surface area contributed by atoms with Crippen molar-refractivity contribution in [3.05, 3.63) is 29.8 Å². The molecule has 0 spiro atoms. The van der Waals surface area contributed by atoms with Gasteiger partial charge in [-0.05, 0) is 31.9 Å². The van der Waals surface area contributed by atoms with Crippen LogP contribution in [0.25, 0.3) is 0 Å². The molecular formula is C19H29N3O4S. The lowest BCUT2D eigenvalue weighted by Gasteiger charge is -2.38. The second-order valence-electron chi connectivity index (χ2n) is 7.68. The van der Waals surface area contributed by atoms with Gasteiger partial charge in [0, 0.05) is 25.7 Å². The summed E-state index contributed by atoms with van der Waals surface area (Å²) in [6, 6.07) is 6.58. The lowest BCUT2D eigenvalue weighted by molar-refractivity contribution is 0.0334. The number of ether oxygens (including phenoxy) is 1. The molecule has 1 aromatic carbocycles. The van der Waals surface area contributed by atoms with Gasteiger partial charge in [0.05, 0.1) is 18.1 Å². The van der Waals surface area contributed by atoms with E-state index in [1.807, 2.05) is 27.7 Å². The van der Waals surface area contributed by atoms with Gasteiger partial charge in [0.1, 0.15) is 6.17 Å². The van der Waals surface area contributed by atoms with E-state index in [4.69, 9.17) is 4.74 Å². The number of benzene rings is 1. The fourth-order valence-electron chi connectivity index (χ4n) is 3.82. The number of carbonyl (C=O) groups excluding carboxylic acids is 1. The van der Waals surface area contributed by atoms with E-state index in [0.717, 1.165) is 5.56 Å². The fourth-order valence-corrected chi connectivity index (χ4v) is 5.61. The molecule has 0 unspecified atom stereocenters. The Hall–Kier alpha value is -1.64. The molecule has 2 heterocycles. The van der Waals surface area contributed by atoms with E-state index in [1.54, 1.807) is 34.1 Å². The van der Waals surface area contributed by atoms with Gasteiger partial charge < -0.3 is 14.5 Å². The van der Waals surface area contributed by atoms with Gasteiger partial charge in [0.15, 0.2) is 0 Å². The number of nitrogens with zero attached hydrogens (tertiary/aromatic N) is 3. The van der Waals surface area contributed by atoms with Gasteiger partial charge in [-0.3, -0.25) is 0 Å². The quantitative estimate of drug-likeness (QED) is 0.786. The van der Waals surface area contributed by atoms with Gasteiger partial charge in [0.2, 0.25) is 10.0 Å². The molecule has 7 nitrogen and oxygen atoms in total. The minimum Gasteiger partial charge on any atom is -0.378 e. The van der Waals surface area contributed by atoms with E-state index in [9.17, 15) is 13.2 Å². The third-order valence-electron chi connectivity index (χ3n) is 5.23. The summed E-state index contributed by atoms with van der Waals surface area (Å²) in [6.45, 7) is 10.2. The molecule has 0 radical (unpaired) electrons. The van der Waals surface area contributed by atoms with Gasteiger partial charge >= 0.3 is 6.03 Å². The van der Waals surface area contributed by atoms with Gasteiger partial charge in [-0.1, -0.05) is 31.5 Å². The molecule has 0 N–H and O–H groups in total. The third kappa shape index (κ3) is 3.83. The number of amides is 2. The van der Waals surface area contributed by atoms with Crippen LogP contribution >= 0.6 is 0 Å². The highest BCUT2D eigenvalue weighted by Crippen LogP contribution is 2.32. The summed E-state index contributed by atoms with van der Waals surface area (Å²) in [4.78, 5) is 16.9. The Morgan fingerprint density at radius 1 is 1.15 bits per heavy atom. The number of hydrogen-bond acceptors (Lipinski definition) is 4. The highest BCUT2D eigenvalue weighted by atomic mass is 32.2. The van der Waals surface area contributed by atoms with Crippen molar-refractivity contribution >= 4 is 16.1 Å². The number of sulfonamides is 1. The molecule has 2 amide bonds. The van der Waals surface area contributed by atoms with Crippen molar-refractivity contribution in [1.82, 2.24) is 14.1 Å². The van der Waals surface area contributed by atoms with Crippen LogP contribution in [0.2, 0.25) is 0 Å². The van der Waals surface area contributed by atoms with Crippen LogP contribution in [0.3, 0.4) is 0 Å². The molecule has 0 saturated carbocycles. The molecule has 0 aliphatic carbocycles. The minimum absolute atomic E-state index is 0.0276. The number of morpholine rings is 1. The number of carbonyl (C=O) groups is 1. The van der Waals surface area contributed by atoms with Gasteiger partial charge in [-0.15, -0.1) is 0 Å². The largest absolute Gasteiger partial charge is 0.378 e. The van der Waals surface area contributed by atoms with Crippen LogP contribution in [-0.4, -0.2) is 73.6 Å². The van der Waals surface area contributed by atoms with Crippen molar-refractivity contribution in [2.45, 2.75) is 44.8 Å². The summed E-state index contributed by atoms with van der Waals surface area (Å²) in [6.07, 6.45) is -0.498. The average molecular weight is 396 g/mol. The lowest BCUT2D eigenvalue weighted by atomic mass is 10.1. The van der Waals surface area contributed by atoms with E-state index in [-0.39, 0.29) is 22.9 Å². The maximum atomic E-state index is 13.3. The van der Waals surface area contributed by atoms with Crippen molar-refractivity contribution in [3.63, 3.8) is 0 Å². The number of hydrogen-bond donors (Lipinski definition) is 0. The minimum atomic E-state index is -3.68. The first kappa shape index (κ1) is 20.1. The zero-order valence-electron chi connectivity index (χ0n) is 16.5. The predicted octanol–water partition coefficient (Wildman–Crippen LogP) is 2.12. The standard InChI is InChI=1S/C19H29N3O4S/c1-14(2)18-21(27(24,25)17-7-5-15(3)6-8-17)13-16(4)22(18)19(23)20-9-11-26-12-10-20/h5-8,14,16,18H,9-13H2,1-4H3/t16-,18+/m0/s1. The molecule has 0 aromatic heterocycles.